The molecule has 3 heteroatoms. The molecule has 1 aliphatic rings. The van der Waals surface area contributed by atoms with Crippen molar-refractivity contribution in [3.05, 3.63) is 102 Å². The molecule has 0 atom stereocenters. The summed E-state index contributed by atoms with van der Waals surface area (Å²) in [5.41, 5.74) is 19.3. The Morgan fingerprint density at radius 1 is 0.329 bits per heavy atom. The Labute approximate surface area is 510 Å². The SMILES string of the molecule is CCCCCCCCc1cccc(C2=CC(CC)=C(c3cccc(CCCCCCCC)c3)[N+]2=[N-])c1.[CH2-]CCCCCCCCCCCCCCCCCCCC.[CH2-]CCCCCCCCCCCCCCCCCCCC.[Pd+2]. The molecule has 1 aliphatic heterocycles. The molecule has 0 saturated carbocycles. The van der Waals surface area contributed by atoms with Crippen LogP contribution in [0.5, 0.6) is 0 Å². The van der Waals surface area contributed by atoms with Crippen LogP contribution in [0, 0.1) is 13.8 Å². The van der Waals surface area contributed by atoms with Crippen molar-refractivity contribution in [2.24, 2.45) is 0 Å². The first-order chi connectivity index (χ1) is 38.5. The second-order valence-electron chi connectivity index (χ2n) is 24.2. The maximum Gasteiger partial charge on any atom is 2.00 e. The third kappa shape index (κ3) is 45.3. The van der Waals surface area contributed by atoms with Gasteiger partial charge in [-0.25, -0.2) is 4.70 Å². The Morgan fingerprint density at radius 2 is 0.582 bits per heavy atom. The van der Waals surface area contributed by atoms with E-state index in [-0.39, 0.29) is 20.4 Å². The van der Waals surface area contributed by atoms with E-state index < -0.39 is 0 Å². The summed E-state index contributed by atoms with van der Waals surface area (Å²) in [6.45, 7) is 19.1. The molecule has 2 aromatic rings. The summed E-state index contributed by atoms with van der Waals surface area (Å²) >= 11 is 0. The molecule has 0 aromatic heterocycles. The number of nitrogens with zero attached hydrogens (tertiary/aromatic N) is 2. The molecular weight excluding hydrogens is 1050 g/mol. The van der Waals surface area contributed by atoms with Gasteiger partial charge in [0.2, 0.25) is 11.4 Å². The molecular formula is C76H134N2Pd. The van der Waals surface area contributed by atoms with E-state index in [1.165, 1.54) is 330 Å². The Hall–Kier alpha value is -1.82. The van der Waals surface area contributed by atoms with Crippen molar-refractivity contribution in [2.75, 3.05) is 0 Å². The van der Waals surface area contributed by atoms with Crippen LogP contribution in [-0.2, 0) is 33.3 Å². The van der Waals surface area contributed by atoms with E-state index in [0.29, 0.717) is 0 Å². The van der Waals surface area contributed by atoms with E-state index >= 15 is 0 Å². The van der Waals surface area contributed by atoms with Gasteiger partial charge in [-0.3, -0.25) is 0 Å². The molecule has 0 amide bonds. The standard InChI is InChI=1S/C34H48N2.2C21H43.Pd/c1-4-7-9-11-13-15-19-28-21-17-23-31(25-28)33-27-30(6-3)34(36(33)35)32-24-18-22-29(26-32)20-16-14-12-10-8-5-2;2*1-3-5-7-9-11-13-15-17-19-21-20-18-16-14-12-10-8-6-4-2;/h17-18,21-27H,4-16,19-20H2,1-3H3;2*1,3-21H2,2H3;/q;2*-1;+2. The van der Waals surface area contributed by atoms with E-state index in [4.69, 9.17) is 0 Å². The van der Waals surface area contributed by atoms with Crippen molar-refractivity contribution in [3.8, 4) is 0 Å². The van der Waals surface area contributed by atoms with Gasteiger partial charge in [0, 0.05) is 22.8 Å². The van der Waals surface area contributed by atoms with E-state index in [1.54, 1.807) is 0 Å². The molecule has 2 aromatic carbocycles. The zero-order valence-electron chi connectivity index (χ0n) is 53.8. The number of unbranched alkanes of at least 4 members (excludes halogenated alkanes) is 46. The van der Waals surface area contributed by atoms with Crippen LogP contribution >= 0.6 is 0 Å². The normalized spacial score (nSPS) is 12.1. The van der Waals surface area contributed by atoms with Crippen LogP contribution in [0.3, 0.4) is 0 Å². The summed E-state index contributed by atoms with van der Waals surface area (Å²) in [7, 11) is 0. The van der Waals surface area contributed by atoms with Crippen molar-refractivity contribution in [2.45, 2.75) is 375 Å². The van der Waals surface area contributed by atoms with Crippen LogP contribution in [0.25, 0.3) is 16.9 Å². The summed E-state index contributed by atoms with van der Waals surface area (Å²) in [4.78, 5) is 0. The van der Waals surface area contributed by atoms with Crippen molar-refractivity contribution in [3.63, 3.8) is 0 Å². The fourth-order valence-electron chi connectivity index (χ4n) is 11.5. The third-order valence-electron chi connectivity index (χ3n) is 16.7. The van der Waals surface area contributed by atoms with E-state index in [9.17, 15) is 5.53 Å². The van der Waals surface area contributed by atoms with Gasteiger partial charge in [0.1, 0.15) is 0 Å². The first kappa shape index (κ1) is 77.2. The minimum Gasteiger partial charge on any atom is -0.493 e. The number of hydrogen-bond donors (Lipinski definition) is 0. The third-order valence-corrected chi connectivity index (χ3v) is 16.7. The summed E-state index contributed by atoms with van der Waals surface area (Å²) in [5.74, 6) is 0. The number of allylic oxidation sites excluding steroid dienone is 2. The molecule has 0 radical (unpaired) electrons. The average molecular weight is 1180 g/mol. The first-order valence-corrected chi connectivity index (χ1v) is 35.2. The zero-order valence-corrected chi connectivity index (χ0v) is 55.4. The Kier molecular flexibility index (Phi) is 59.4. The Bertz CT molecular complexity index is 1580. The van der Waals surface area contributed by atoms with Crippen molar-refractivity contribution in [1.82, 2.24) is 0 Å². The van der Waals surface area contributed by atoms with Crippen molar-refractivity contribution in [1.29, 1.82) is 0 Å². The van der Waals surface area contributed by atoms with Gasteiger partial charge in [-0.05, 0) is 67.5 Å². The second kappa shape index (κ2) is 60.8. The minimum atomic E-state index is 0. The second-order valence-corrected chi connectivity index (χ2v) is 24.2. The smallest absolute Gasteiger partial charge is 0.493 e. The van der Waals surface area contributed by atoms with Gasteiger partial charge >= 0.3 is 20.4 Å². The maximum atomic E-state index is 11.3. The van der Waals surface area contributed by atoms with E-state index in [0.717, 1.165) is 54.6 Å². The van der Waals surface area contributed by atoms with Gasteiger partial charge in [-0.15, -0.1) is 0 Å². The number of aryl methyl sites for hydroxylation is 2. The predicted octanol–water partition coefficient (Wildman–Crippen LogP) is 27.2. The quantitative estimate of drug-likeness (QED) is 0.0273. The molecule has 2 nitrogen and oxygen atoms in total. The first-order valence-electron chi connectivity index (χ1n) is 35.2. The summed E-state index contributed by atoms with van der Waals surface area (Å²) < 4.78 is 1.44. The van der Waals surface area contributed by atoms with Crippen LogP contribution in [0.2, 0.25) is 0 Å². The predicted molar refractivity (Wildman–Crippen MR) is 353 cm³/mol. The van der Waals surface area contributed by atoms with Gasteiger partial charge in [0.25, 0.3) is 0 Å². The van der Waals surface area contributed by atoms with Crippen molar-refractivity contribution >= 4 is 11.4 Å². The summed E-state index contributed by atoms with van der Waals surface area (Å²) in [6, 6.07) is 17.6. The Balaban J connectivity index is 0.00000123. The van der Waals surface area contributed by atoms with Crippen LogP contribution in [0.1, 0.15) is 384 Å². The van der Waals surface area contributed by atoms with Crippen LogP contribution in [0.4, 0.5) is 0 Å². The topological polar surface area (TPSA) is 25.3 Å². The Morgan fingerprint density at radius 3 is 0.861 bits per heavy atom. The van der Waals surface area contributed by atoms with Crippen molar-refractivity contribution < 1.29 is 25.1 Å². The zero-order chi connectivity index (χ0) is 56.5. The molecule has 0 bridgehead atoms. The molecule has 0 unspecified atom stereocenters. The maximum absolute atomic E-state index is 11.3. The molecule has 3 rings (SSSR count). The average Bonchev–Trinajstić information content (AvgIpc) is 3.89. The van der Waals surface area contributed by atoms with Gasteiger partial charge in [-0.1, -0.05) is 354 Å². The van der Waals surface area contributed by atoms with Crippen LogP contribution in [0.15, 0.2) is 60.2 Å². The van der Waals surface area contributed by atoms with Gasteiger partial charge < -0.3 is 19.4 Å². The molecule has 458 valence electrons. The summed E-state index contributed by atoms with van der Waals surface area (Å²) in [5, 5.41) is 0. The molecule has 1 heterocycles. The van der Waals surface area contributed by atoms with E-state index in [1.807, 2.05) is 0 Å². The molecule has 0 aliphatic carbocycles. The van der Waals surface area contributed by atoms with Gasteiger partial charge in [-0.2, -0.15) is 12.8 Å². The molecule has 0 fully saturated rings. The van der Waals surface area contributed by atoms with E-state index in [2.05, 4.69) is 103 Å². The minimum absolute atomic E-state index is 0. The number of benzene rings is 2. The fourth-order valence-corrected chi connectivity index (χ4v) is 11.5. The van der Waals surface area contributed by atoms with Crippen LogP contribution < -0.4 is 0 Å². The molecule has 0 spiro atoms. The fraction of sp³-hybridized carbons (Fsp3) is 0.763. The number of rotatable bonds is 53. The monoisotopic (exact) mass is 1180 g/mol. The van der Waals surface area contributed by atoms with Gasteiger partial charge in [0.05, 0.1) is 0 Å². The summed E-state index contributed by atoms with van der Waals surface area (Å²) in [6.07, 6.45) is 75.7. The molecule has 0 saturated heterocycles. The number of hydrogen-bond acceptors (Lipinski definition) is 0. The molecule has 79 heavy (non-hydrogen) atoms. The van der Waals surface area contributed by atoms with Crippen LogP contribution in [-0.4, -0.2) is 4.70 Å². The van der Waals surface area contributed by atoms with Gasteiger partial charge in [0.15, 0.2) is 0 Å². The molecule has 0 N–H and O–H groups in total. The largest absolute Gasteiger partial charge is 2.00 e.